The van der Waals surface area contributed by atoms with Gasteiger partial charge in [0.25, 0.3) is 0 Å². The van der Waals surface area contributed by atoms with E-state index in [9.17, 15) is 4.79 Å². The molecule has 0 saturated heterocycles. The van der Waals surface area contributed by atoms with E-state index in [0.29, 0.717) is 12.4 Å². The van der Waals surface area contributed by atoms with Gasteiger partial charge in [-0.3, -0.25) is 4.98 Å². The molecular weight excluding hydrogens is 342 g/mol. The second-order valence-electron chi connectivity index (χ2n) is 6.12. The second-order valence-corrected chi connectivity index (χ2v) is 6.12. The summed E-state index contributed by atoms with van der Waals surface area (Å²) in [6.45, 7) is 1.94. The second kappa shape index (κ2) is 7.60. The van der Waals surface area contributed by atoms with Gasteiger partial charge in [0.05, 0.1) is 12.1 Å². The zero-order valence-corrected chi connectivity index (χ0v) is 14.9. The molecule has 136 valence electrons. The Labute approximate surface area is 156 Å². The maximum absolute atomic E-state index is 11.8. The molecule has 0 spiro atoms. The number of rotatable bonds is 6. The van der Waals surface area contributed by atoms with Gasteiger partial charge in [-0.2, -0.15) is 0 Å². The molecule has 0 aliphatic rings. The van der Waals surface area contributed by atoms with E-state index < -0.39 is 12.1 Å². The fourth-order valence-corrected chi connectivity index (χ4v) is 3.10. The standard InChI is InChI=1S/C22H19NO4/c1-2-25-20(24)14-26-22(15-8-4-3-5-9-15)19-12-16-13-23-18-11-7-6-10-17(18)21(16)27-19/h3-13,22H,2,14H2,1H3. The van der Waals surface area contributed by atoms with Crippen LogP contribution >= 0.6 is 0 Å². The van der Waals surface area contributed by atoms with Crippen molar-refractivity contribution in [2.24, 2.45) is 0 Å². The van der Waals surface area contributed by atoms with Crippen LogP contribution in [0.1, 0.15) is 24.4 Å². The molecule has 1 atom stereocenters. The number of fused-ring (bicyclic) bond motifs is 3. The Kier molecular flexibility index (Phi) is 4.85. The number of para-hydroxylation sites is 1. The van der Waals surface area contributed by atoms with Gasteiger partial charge in [-0.1, -0.05) is 42.5 Å². The first-order chi connectivity index (χ1) is 13.3. The van der Waals surface area contributed by atoms with Crippen molar-refractivity contribution >= 4 is 27.8 Å². The van der Waals surface area contributed by atoms with Crippen molar-refractivity contribution in [2.75, 3.05) is 13.2 Å². The summed E-state index contributed by atoms with van der Waals surface area (Å²) < 4.78 is 17.0. The Morgan fingerprint density at radius 1 is 1.11 bits per heavy atom. The van der Waals surface area contributed by atoms with E-state index in [0.717, 1.165) is 27.4 Å². The maximum atomic E-state index is 11.8. The minimum atomic E-state index is -0.512. The van der Waals surface area contributed by atoms with Crippen LogP contribution in [-0.4, -0.2) is 24.2 Å². The third kappa shape index (κ3) is 3.55. The van der Waals surface area contributed by atoms with E-state index in [1.54, 1.807) is 13.1 Å². The van der Waals surface area contributed by atoms with Gasteiger partial charge in [0.2, 0.25) is 0 Å². The van der Waals surface area contributed by atoms with Gasteiger partial charge in [0.15, 0.2) is 0 Å². The van der Waals surface area contributed by atoms with E-state index >= 15 is 0 Å². The minimum Gasteiger partial charge on any atom is -0.464 e. The molecule has 0 saturated carbocycles. The predicted molar refractivity (Wildman–Crippen MR) is 102 cm³/mol. The fraction of sp³-hybridized carbons (Fsp3) is 0.182. The first-order valence-electron chi connectivity index (χ1n) is 8.85. The van der Waals surface area contributed by atoms with E-state index in [-0.39, 0.29) is 6.61 Å². The monoisotopic (exact) mass is 361 g/mol. The van der Waals surface area contributed by atoms with Crippen molar-refractivity contribution in [3.05, 3.63) is 78.2 Å². The van der Waals surface area contributed by atoms with Crippen LogP contribution in [0.15, 0.2) is 71.3 Å². The van der Waals surface area contributed by atoms with Crippen molar-refractivity contribution in [2.45, 2.75) is 13.0 Å². The molecule has 2 aromatic heterocycles. The van der Waals surface area contributed by atoms with Gasteiger partial charge < -0.3 is 13.9 Å². The third-order valence-corrected chi connectivity index (χ3v) is 4.31. The molecule has 4 aromatic rings. The zero-order chi connectivity index (χ0) is 18.6. The lowest BCUT2D eigenvalue weighted by Gasteiger charge is -2.15. The number of carbonyl (C=O) groups is 1. The molecule has 4 rings (SSSR count). The zero-order valence-electron chi connectivity index (χ0n) is 14.9. The highest BCUT2D eigenvalue weighted by Crippen LogP contribution is 2.33. The normalized spacial score (nSPS) is 12.3. The molecule has 0 aliphatic carbocycles. The molecule has 5 nitrogen and oxygen atoms in total. The predicted octanol–water partition coefficient (Wildman–Crippen LogP) is 4.65. The molecule has 0 amide bonds. The first kappa shape index (κ1) is 17.2. The SMILES string of the molecule is CCOC(=O)COC(c1ccccc1)c1cc2cnc3ccccc3c2o1. The largest absolute Gasteiger partial charge is 0.464 e. The summed E-state index contributed by atoms with van der Waals surface area (Å²) in [5.41, 5.74) is 2.53. The molecule has 0 bridgehead atoms. The molecule has 2 aromatic carbocycles. The number of aromatic nitrogens is 1. The number of furan rings is 1. The summed E-state index contributed by atoms with van der Waals surface area (Å²) in [5, 5.41) is 1.84. The molecular formula is C22H19NO4. The van der Waals surface area contributed by atoms with Crippen molar-refractivity contribution in [1.82, 2.24) is 4.98 Å². The maximum Gasteiger partial charge on any atom is 0.332 e. The molecule has 0 fully saturated rings. The highest BCUT2D eigenvalue weighted by atomic mass is 16.6. The van der Waals surface area contributed by atoms with Crippen LogP contribution in [0.4, 0.5) is 0 Å². The van der Waals surface area contributed by atoms with E-state index in [4.69, 9.17) is 13.9 Å². The van der Waals surface area contributed by atoms with Gasteiger partial charge >= 0.3 is 5.97 Å². The van der Waals surface area contributed by atoms with Crippen molar-refractivity contribution in [3.8, 4) is 0 Å². The number of nitrogens with zero attached hydrogens (tertiary/aromatic N) is 1. The Morgan fingerprint density at radius 2 is 1.89 bits per heavy atom. The van der Waals surface area contributed by atoms with Crippen molar-refractivity contribution < 1.29 is 18.7 Å². The van der Waals surface area contributed by atoms with Crippen LogP contribution in [-0.2, 0) is 14.3 Å². The van der Waals surface area contributed by atoms with Gasteiger partial charge in [-0.05, 0) is 30.7 Å². The number of benzene rings is 2. The van der Waals surface area contributed by atoms with Crippen molar-refractivity contribution in [3.63, 3.8) is 0 Å². The minimum absolute atomic E-state index is 0.149. The highest BCUT2D eigenvalue weighted by Gasteiger charge is 2.22. The number of esters is 1. The van der Waals surface area contributed by atoms with Crippen LogP contribution in [0.2, 0.25) is 0 Å². The third-order valence-electron chi connectivity index (χ3n) is 4.31. The Bertz CT molecular complexity index is 1070. The number of hydrogen-bond acceptors (Lipinski definition) is 5. The summed E-state index contributed by atoms with van der Waals surface area (Å²) in [6.07, 6.45) is 1.28. The summed E-state index contributed by atoms with van der Waals surface area (Å²) in [5.74, 6) is 0.223. The van der Waals surface area contributed by atoms with E-state index in [1.165, 1.54) is 0 Å². The Hall–Kier alpha value is -3.18. The first-order valence-corrected chi connectivity index (χ1v) is 8.85. The molecule has 0 N–H and O–H groups in total. The van der Waals surface area contributed by atoms with Crippen LogP contribution in [0.3, 0.4) is 0 Å². The average molecular weight is 361 g/mol. The van der Waals surface area contributed by atoms with E-state index in [2.05, 4.69) is 4.98 Å². The van der Waals surface area contributed by atoms with Crippen LogP contribution in [0, 0.1) is 0 Å². The number of ether oxygens (including phenoxy) is 2. The van der Waals surface area contributed by atoms with Crippen LogP contribution in [0.5, 0.6) is 0 Å². The Balaban J connectivity index is 1.75. The number of carbonyl (C=O) groups excluding carboxylic acids is 1. The summed E-state index contributed by atoms with van der Waals surface area (Å²) in [6, 6.07) is 19.4. The van der Waals surface area contributed by atoms with Crippen molar-refractivity contribution in [1.29, 1.82) is 0 Å². The van der Waals surface area contributed by atoms with Crippen LogP contribution < -0.4 is 0 Å². The molecule has 1 unspecified atom stereocenters. The molecule has 0 aliphatic heterocycles. The van der Waals surface area contributed by atoms with Gasteiger partial charge in [-0.25, -0.2) is 4.79 Å². The molecule has 2 heterocycles. The lowest BCUT2D eigenvalue weighted by molar-refractivity contribution is -0.150. The highest BCUT2D eigenvalue weighted by molar-refractivity contribution is 6.02. The summed E-state index contributed by atoms with van der Waals surface area (Å²) >= 11 is 0. The van der Waals surface area contributed by atoms with E-state index in [1.807, 2.05) is 60.7 Å². The topological polar surface area (TPSA) is 61.6 Å². The average Bonchev–Trinajstić information content (AvgIpc) is 3.14. The van der Waals surface area contributed by atoms with Gasteiger partial charge in [0.1, 0.15) is 24.1 Å². The summed E-state index contributed by atoms with van der Waals surface area (Å²) in [4.78, 5) is 16.2. The molecule has 0 radical (unpaired) electrons. The smallest absolute Gasteiger partial charge is 0.332 e. The summed E-state index contributed by atoms with van der Waals surface area (Å²) in [7, 11) is 0. The fourth-order valence-electron chi connectivity index (χ4n) is 3.10. The molecule has 27 heavy (non-hydrogen) atoms. The van der Waals surface area contributed by atoms with Gasteiger partial charge in [-0.15, -0.1) is 0 Å². The lowest BCUT2D eigenvalue weighted by atomic mass is 10.1. The van der Waals surface area contributed by atoms with Crippen LogP contribution in [0.25, 0.3) is 21.9 Å². The molecule has 5 heteroatoms. The number of hydrogen-bond donors (Lipinski definition) is 0. The van der Waals surface area contributed by atoms with Gasteiger partial charge in [0, 0.05) is 17.0 Å². The lowest BCUT2D eigenvalue weighted by Crippen LogP contribution is -2.16. The Morgan fingerprint density at radius 3 is 2.70 bits per heavy atom. The quantitative estimate of drug-likeness (QED) is 0.468. The number of pyridine rings is 1.